The lowest BCUT2D eigenvalue weighted by Crippen LogP contribution is -2.39. The van der Waals surface area contributed by atoms with Crippen LogP contribution in [0.1, 0.15) is 69.7 Å². The maximum Gasteiger partial charge on any atom is 0.335 e. The Morgan fingerprint density at radius 1 is 0.957 bits per heavy atom. The van der Waals surface area contributed by atoms with Gasteiger partial charge < -0.3 is 5.11 Å². The van der Waals surface area contributed by atoms with Crippen LogP contribution < -0.4 is 5.43 Å². The first-order valence-electron chi connectivity index (χ1n) is 8.92. The van der Waals surface area contributed by atoms with E-state index in [0.29, 0.717) is 5.56 Å². The van der Waals surface area contributed by atoms with Gasteiger partial charge in [-0.3, -0.25) is 5.43 Å². The highest BCUT2D eigenvalue weighted by atomic mass is 16.4. The standard InChI is InChI=1S/C12H28N2.C7H6O2/c1-4-7-10-13-14(11-8-5-2)12-9-6-3;8-7(9)6-4-2-1-3-5-6/h13H,4-12H2,1-3H3;1-5H,(H,8,9). The van der Waals surface area contributed by atoms with Crippen molar-refractivity contribution in [2.24, 2.45) is 0 Å². The minimum atomic E-state index is -0.879. The maximum atomic E-state index is 10.2. The van der Waals surface area contributed by atoms with E-state index >= 15 is 0 Å². The third kappa shape index (κ3) is 12.8. The molecule has 0 aliphatic carbocycles. The van der Waals surface area contributed by atoms with Crippen LogP contribution in [0.15, 0.2) is 30.3 Å². The lowest BCUT2D eigenvalue weighted by Gasteiger charge is -2.22. The van der Waals surface area contributed by atoms with Crippen molar-refractivity contribution >= 4 is 5.97 Å². The summed E-state index contributed by atoms with van der Waals surface area (Å²) in [6.07, 6.45) is 7.76. The van der Waals surface area contributed by atoms with Crippen molar-refractivity contribution in [3.63, 3.8) is 0 Å². The van der Waals surface area contributed by atoms with Gasteiger partial charge in [0.15, 0.2) is 0 Å². The van der Waals surface area contributed by atoms with Crippen LogP contribution in [0.3, 0.4) is 0 Å². The first-order valence-corrected chi connectivity index (χ1v) is 8.92. The SMILES string of the molecule is CCCCNN(CCCC)CCCC.O=C(O)c1ccccc1. The Labute approximate surface area is 141 Å². The molecule has 0 amide bonds. The number of carbonyl (C=O) groups is 1. The summed E-state index contributed by atoms with van der Waals surface area (Å²) in [5, 5.41) is 10.8. The molecule has 0 unspecified atom stereocenters. The van der Waals surface area contributed by atoms with Crippen molar-refractivity contribution in [3.05, 3.63) is 35.9 Å². The molecule has 0 saturated carbocycles. The van der Waals surface area contributed by atoms with Crippen LogP contribution >= 0.6 is 0 Å². The number of aromatic carboxylic acids is 1. The number of carboxylic acids is 1. The molecule has 1 aromatic carbocycles. The number of carboxylic acid groups (broad SMARTS) is 1. The maximum absolute atomic E-state index is 10.2. The highest BCUT2D eigenvalue weighted by Gasteiger charge is 2.01. The number of hydrazine groups is 1. The van der Waals surface area contributed by atoms with Crippen molar-refractivity contribution in [1.82, 2.24) is 10.4 Å². The molecule has 4 nitrogen and oxygen atoms in total. The van der Waals surface area contributed by atoms with Gasteiger partial charge in [-0.1, -0.05) is 58.2 Å². The van der Waals surface area contributed by atoms with E-state index in [2.05, 4.69) is 31.2 Å². The first kappa shape index (κ1) is 21.6. The first-order chi connectivity index (χ1) is 11.2. The van der Waals surface area contributed by atoms with E-state index in [-0.39, 0.29) is 0 Å². The molecule has 0 saturated heterocycles. The number of unbranched alkanes of at least 4 members (excludes halogenated alkanes) is 3. The lowest BCUT2D eigenvalue weighted by atomic mass is 10.2. The number of hydrogen-bond acceptors (Lipinski definition) is 3. The van der Waals surface area contributed by atoms with Crippen LogP contribution in [-0.2, 0) is 0 Å². The second-order valence-electron chi connectivity index (χ2n) is 5.63. The predicted octanol–water partition coefficient (Wildman–Crippen LogP) is 4.58. The van der Waals surface area contributed by atoms with Gasteiger partial charge in [-0.05, 0) is 31.4 Å². The third-order valence-corrected chi connectivity index (χ3v) is 3.45. The van der Waals surface area contributed by atoms with E-state index in [4.69, 9.17) is 5.11 Å². The predicted molar refractivity (Wildman–Crippen MR) is 97.7 cm³/mol. The zero-order chi connectivity index (χ0) is 17.3. The van der Waals surface area contributed by atoms with Crippen LogP contribution in [-0.4, -0.2) is 35.7 Å². The van der Waals surface area contributed by atoms with Crippen LogP contribution in [0.2, 0.25) is 0 Å². The fourth-order valence-electron chi connectivity index (χ4n) is 1.96. The number of rotatable bonds is 11. The molecule has 23 heavy (non-hydrogen) atoms. The Hall–Kier alpha value is -1.39. The zero-order valence-electron chi connectivity index (χ0n) is 15.1. The van der Waals surface area contributed by atoms with E-state index in [1.54, 1.807) is 30.3 Å². The summed E-state index contributed by atoms with van der Waals surface area (Å²) in [7, 11) is 0. The monoisotopic (exact) mass is 322 g/mol. The molecule has 132 valence electrons. The van der Waals surface area contributed by atoms with Crippen LogP contribution in [0.4, 0.5) is 0 Å². The van der Waals surface area contributed by atoms with Gasteiger partial charge in [0, 0.05) is 19.6 Å². The molecule has 0 fully saturated rings. The quantitative estimate of drug-likeness (QED) is 0.462. The molecule has 0 atom stereocenters. The molecule has 0 spiro atoms. The molecule has 0 bridgehead atoms. The fraction of sp³-hybridized carbons (Fsp3) is 0.632. The Bertz CT molecular complexity index is 374. The van der Waals surface area contributed by atoms with Gasteiger partial charge in [-0.25, -0.2) is 9.80 Å². The smallest absolute Gasteiger partial charge is 0.335 e. The largest absolute Gasteiger partial charge is 0.478 e. The topological polar surface area (TPSA) is 52.6 Å². The summed E-state index contributed by atoms with van der Waals surface area (Å²) >= 11 is 0. The van der Waals surface area contributed by atoms with Crippen molar-refractivity contribution in [1.29, 1.82) is 0 Å². The summed E-state index contributed by atoms with van der Waals surface area (Å²) in [4.78, 5) is 10.2. The number of nitrogens with one attached hydrogen (secondary N) is 1. The van der Waals surface area contributed by atoms with Crippen molar-refractivity contribution in [2.75, 3.05) is 19.6 Å². The summed E-state index contributed by atoms with van der Waals surface area (Å²) in [6.45, 7) is 10.3. The minimum absolute atomic E-state index is 0.331. The van der Waals surface area contributed by atoms with Crippen LogP contribution in [0.25, 0.3) is 0 Å². The van der Waals surface area contributed by atoms with Crippen LogP contribution in [0, 0.1) is 0 Å². The minimum Gasteiger partial charge on any atom is -0.478 e. The van der Waals surface area contributed by atoms with E-state index in [9.17, 15) is 4.79 Å². The zero-order valence-corrected chi connectivity index (χ0v) is 15.1. The molecule has 0 aromatic heterocycles. The molecular weight excluding hydrogens is 288 g/mol. The van der Waals surface area contributed by atoms with Crippen LogP contribution in [0.5, 0.6) is 0 Å². The van der Waals surface area contributed by atoms with Gasteiger partial charge in [0.25, 0.3) is 0 Å². The Kier molecular flexibility index (Phi) is 14.6. The van der Waals surface area contributed by atoms with Gasteiger partial charge in [-0.2, -0.15) is 0 Å². The number of nitrogens with zero attached hydrogens (tertiary/aromatic N) is 1. The van der Waals surface area contributed by atoms with Crippen molar-refractivity contribution < 1.29 is 9.90 Å². The number of hydrogen-bond donors (Lipinski definition) is 2. The van der Waals surface area contributed by atoms with Gasteiger partial charge in [0.05, 0.1) is 5.56 Å². The van der Waals surface area contributed by atoms with E-state index in [1.165, 1.54) is 51.6 Å². The molecule has 2 N–H and O–H groups in total. The van der Waals surface area contributed by atoms with E-state index < -0.39 is 5.97 Å². The summed E-state index contributed by atoms with van der Waals surface area (Å²) in [5.41, 5.74) is 3.85. The number of benzene rings is 1. The molecule has 0 aliphatic rings. The van der Waals surface area contributed by atoms with Gasteiger partial charge in [0.2, 0.25) is 0 Å². The lowest BCUT2D eigenvalue weighted by molar-refractivity contribution is 0.0697. The average Bonchev–Trinajstić information content (AvgIpc) is 2.58. The Morgan fingerprint density at radius 2 is 1.48 bits per heavy atom. The highest BCUT2D eigenvalue weighted by Crippen LogP contribution is 1.97. The molecule has 1 aromatic rings. The molecule has 0 heterocycles. The van der Waals surface area contributed by atoms with Gasteiger partial charge in [-0.15, -0.1) is 0 Å². The molecule has 1 rings (SSSR count). The summed E-state index contributed by atoms with van der Waals surface area (Å²) < 4.78 is 0. The summed E-state index contributed by atoms with van der Waals surface area (Å²) in [5.74, 6) is -0.879. The van der Waals surface area contributed by atoms with Gasteiger partial charge >= 0.3 is 5.97 Å². The Balaban J connectivity index is 0.000000459. The molecule has 0 radical (unpaired) electrons. The van der Waals surface area contributed by atoms with E-state index in [1.807, 2.05) is 0 Å². The molecular formula is C19H34N2O2. The molecule has 0 aliphatic heterocycles. The van der Waals surface area contributed by atoms with Crippen molar-refractivity contribution in [3.8, 4) is 0 Å². The summed E-state index contributed by atoms with van der Waals surface area (Å²) in [6, 6.07) is 8.30. The fourth-order valence-corrected chi connectivity index (χ4v) is 1.96. The normalized spacial score (nSPS) is 10.3. The second kappa shape index (κ2) is 15.5. The van der Waals surface area contributed by atoms with Crippen molar-refractivity contribution in [2.45, 2.75) is 59.3 Å². The molecule has 4 heteroatoms. The third-order valence-electron chi connectivity index (χ3n) is 3.45. The Morgan fingerprint density at radius 3 is 1.87 bits per heavy atom. The highest BCUT2D eigenvalue weighted by molar-refractivity contribution is 5.87. The average molecular weight is 322 g/mol. The second-order valence-corrected chi connectivity index (χ2v) is 5.63. The van der Waals surface area contributed by atoms with E-state index in [0.717, 1.165) is 6.54 Å². The van der Waals surface area contributed by atoms with Gasteiger partial charge in [0.1, 0.15) is 0 Å².